The Labute approximate surface area is 192 Å². The van der Waals surface area contributed by atoms with Crippen molar-refractivity contribution in [2.24, 2.45) is 10.9 Å². The van der Waals surface area contributed by atoms with Crippen LogP contribution in [0.15, 0.2) is 22.5 Å². The third-order valence-corrected chi connectivity index (χ3v) is 6.78. The average Bonchev–Trinajstić information content (AvgIpc) is 3.21. The van der Waals surface area contributed by atoms with E-state index < -0.39 is 0 Å². The number of piperazine rings is 1. The van der Waals surface area contributed by atoms with Crippen LogP contribution < -0.4 is 5.32 Å². The Kier molecular flexibility index (Phi) is 11.1. The van der Waals surface area contributed by atoms with Crippen molar-refractivity contribution in [3.8, 4) is 0 Å². The lowest BCUT2D eigenvalue weighted by Gasteiger charge is -2.36. The van der Waals surface area contributed by atoms with Gasteiger partial charge in [-0.3, -0.25) is 9.89 Å². The summed E-state index contributed by atoms with van der Waals surface area (Å²) >= 11 is 1.86. The number of guanidine groups is 1. The molecule has 0 unspecified atom stereocenters. The van der Waals surface area contributed by atoms with Crippen LogP contribution in [0.5, 0.6) is 0 Å². The number of likely N-dealkylation sites (tertiary alicyclic amines) is 1. The van der Waals surface area contributed by atoms with Gasteiger partial charge in [-0.15, -0.1) is 35.3 Å². The molecule has 0 aliphatic carbocycles. The highest BCUT2D eigenvalue weighted by Gasteiger charge is 2.21. The van der Waals surface area contributed by atoms with E-state index in [0.29, 0.717) is 0 Å². The number of piperidine rings is 1. The van der Waals surface area contributed by atoms with Crippen molar-refractivity contribution < 1.29 is 0 Å². The van der Waals surface area contributed by atoms with E-state index in [-0.39, 0.29) is 24.0 Å². The molecule has 0 saturated carbocycles. The molecule has 2 aliphatic rings. The van der Waals surface area contributed by atoms with Crippen molar-refractivity contribution in [2.45, 2.75) is 39.7 Å². The van der Waals surface area contributed by atoms with Gasteiger partial charge in [-0.2, -0.15) is 0 Å². The van der Waals surface area contributed by atoms with E-state index in [4.69, 9.17) is 4.99 Å². The predicted octanol–water partition coefficient (Wildman–Crippen LogP) is 3.57. The van der Waals surface area contributed by atoms with Crippen molar-refractivity contribution in [2.75, 3.05) is 58.9 Å². The zero-order valence-electron chi connectivity index (χ0n) is 17.6. The van der Waals surface area contributed by atoms with E-state index in [9.17, 15) is 0 Å². The molecule has 0 bridgehead atoms. The minimum absolute atomic E-state index is 0. The second-order valence-corrected chi connectivity index (χ2v) is 8.78. The largest absolute Gasteiger partial charge is 0.357 e. The van der Waals surface area contributed by atoms with Crippen LogP contribution in [0.3, 0.4) is 0 Å². The summed E-state index contributed by atoms with van der Waals surface area (Å²) in [5, 5.41) is 5.69. The quantitative estimate of drug-likeness (QED) is 0.340. The summed E-state index contributed by atoms with van der Waals surface area (Å²) in [6, 6.07) is 4.39. The van der Waals surface area contributed by atoms with Crippen LogP contribution in [0.1, 0.15) is 38.0 Å². The number of nitrogens with one attached hydrogen (secondary N) is 1. The fourth-order valence-electron chi connectivity index (χ4n) is 4.11. The smallest absolute Gasteiger partial charge is 0.194 e. The maximum absolute atomic E-state index is 4.97. The van der Waals surface area contributed by atoms with E-state index >= 15 is 0 Å². The molecule has 0 atom stereocenters. The second kappa shape index (κ2) is 13.0. The molecular formula is C21H38IN5S. The summed E-state index contributed by atoms with van der Waals surface area (Å²) in [4.78, 5) is 14.0. The molecule has 3 rings (SSSR count). The van der Waals surface area contributed by atoms with Crippen LogP contribution >= 0.6 is 35.3 Å². The van der Waals surface area contributed by atoms with Gasteiger partial charge in [-0.1, -0.05) is 13.0 Å². The molecule has 5 nitrogen and oxygen atoms in total. The van der Waals surface area contributed by atoms with Gasteiger partial charge in [-0.25, -0.2) is 0 Å². The fourth-order valence-corrected chi connectivity index (χ4v) is 4.86. The second-order valence-electron chi connectivity index (χ2n) is 7.74. The van der Waals surface area contributed by atoms with Gasteiger partial charge in [0.25, 0.3) is 0 Å². The highest BCUT2D eigenvalue weighted by atomic mass is 127. The van der Waals surface area contributed by atoms with E-state index in [1.807, 2.05) is 11.3 Å². The van der Waals surface area contributed by atoms with E-state index in [2.05, 4.69) is 51.4 Å². The Hall–Kier alpha value is -0.380. The Morgan fingerprint density at radius 1 is 1.11 bits per heavy atom. The Balaban J connectivity index is 0.00000280. The highest BCUT2D eigenvalue weighted by molar-refractivity contribution is 14.0. The van der Waals surface area contributed by atoms with Gasteiger partial charge in [0.15, 0.2) is 5.96 Å². The summed E-state index contributed by atoms with van der Waals surface area (Å²) in [5.74, 6) is 1.99. The number of hydrogen-bond donors (Lipinski definition) is 1. The molecule has 1 aromatic heterocycles. The Bertz CT molecular complexity index is 549. The molecule has 1 N–H and O–H groups in total. The summed E-state index contributed by atoms with van der Waals surface area (Å²) < 4.78 is 0. The van der Waals surface area contributed by atoms with E-state index in [1.165, 1.54) is 43.8 Å². The summed E-state index contributed by atoms with van der Waals surface area (Å²) in [6.45, 7) is 15.6. The first-order chi connectivity index (χ1) is 13.3. The zero-order chi connectivity index (χ0) is 18.9. The maximum Gasteiger partial charge on any atom is 0.194 e. The topological polar surface area (TPSA) is 34.1 Å². The van der Waals surface area contributed by atoms with E-state index in [1.54, 1.807) is 0 Å². The Morgan fingerprint density at radius 3 is 2.46 bits per heavy atom. The number of nitrogens with zero attached hydrogens (tertiary/aromatic N) is 4. The van der Waals surface area contributed by atoms with Gasteiger partial charge < -0.3 is 15.1 Å². The molecule has 160 valence electrons. The van der Waals surface area contributed by atoms with Gasteiger partial charge in [0.1, 0.15) is 0 Å². The molecule has 2 saturated heterocycles. The lowest BCUT2D eigenvalue weighted by molar-refractivity contribution is 0.173. The van der Waals surface area contributed by atoms with Gasteiger partial charge in [0.05, 0.1) is 0 Å². The van der Waals surface area contributed by atoms with Crippen molar-refractivity contribution in [3.63, 3.8) is 0 Å². The summed E-state index contributed by atoms with van der Waals surface area (Å²) in [6.07, 6.45) is 3.94. The molecule has 3 heterocycles. The first kappa shape index (κ1) is 23.9. The van der Waals surface area contributed by atoms with Crippen LogP contribution in [0.4, 0.5) is 0 Å². The molecule has 2 aliphatic heterocycles. The molecule has 2 fully saturated rings. The highest BCUT2D eigenvalue weighted by Crippen LogP contribution is 2.20. The molecule has 0 radical (unpaired) electrons. The zero-order valence-corrected chi connectivity index (χ0v) is 20.8. The van der Waals surface area contributed by atoms with Crippen molar-refractivity contribution in [1.82, 2.24) is 20.0 Å². The number of rotatable bonds is 7. The molecule has 0 spiro atoms. The van der Waals surface area contributed by atoms with Crippen LogP contribution in [-0.4, -0.2) is 79.6 Å². The number of thiophene rings is 1. The van der Waals surface area contributed by atoms with Crippen LogP contribution in [0, 0.1) is 5.92 Å². The van der Waals surface area contributed by atoms with E-state index in [0.717, 1.165) is 57.7 Å². The maximum atomic E-state index is 4.97. The number of aliphatic imine (C=N–C) groups is 1. The molecule has 0 aromatic carbocycles. The lowest BCUT2D eigenvalue weighted by Crippen LogP contribution is -2.52. The monoisotopic (exact) mass is 519 g/mol. The van der Waals surface area contributed by atoms with Gasteiger partial charge >= 0.3 is 0 Å². The lowest BCUT2D eigenvalue weighted by atomic mass is 9.94. The molecule has 0 amide bonds. The minimum Gasteiger partial charge on any atom is -0.357 e. The molecule has 7 heteroatoms. The molecule has 28 heavy (non-hydrogen) atoms. The SMILES string of the molecule is CCNC(=NCCC1CCN(CC)CC1)N1CCN(Cc2cccs2)CC1.I. The third-order valence-electron chi connectivity index (χ3n) is 5.92. The molecular weight excluding hydrogens is 481 g/mol. The van der Waals surface area contributed by atoms with Crippen molar-refractivity contribution in [3.05, 3.63) is 22.4 Å². The normalized spacial score (nSPS) is 20.2. The fraction of sp³-hybridized carbons (Fsp3) is 0.762. The van der Waals surface area contributed by atoms with Gasteiger partial charge in [-0.05, 0) is 63.2 Å². The summed E-state index contributed by atoms with van der Waals surface area (Å²) in [5.41, 5.74) is 0. The predicted molar refractivity (Wildman–Crippen MR) is 132 cm³/mol. The van der Waals surface area contributed by atoms with Crippen LogP contribution in [0.25, 0.3) is 0 Å². The first-order valence-electron chi connectivity index (χ1n) is 10.8. The number of hydrogen-bond acceptors (Lipinski definition) is 4. The van der Waals surface area contributed by atoms with Crippen molar-refractivity contribution >= 4 is 41.3 Å². The van der Waals surface area contributed by atoms with Gasteiger partial charge in [0, 0.05) is 50.7 Å². The molecule has 1 aromatic rings. The van der Waals surface area contributed by atoms with Crippen LogP contribution in [-0.2, 0) is 6.54 Å². The van der Waals surface area contributed by atoms with Crippen LogP contribution in [0.2, 0.25) is 0 Å². The summed E-state index contributed by atoms with van der Waals surface area (Å²) in [7, 11) is 0. The first-order valence-corrected chi connectivity index (χ1v) is 11.7. The van der Waals surface area contributed by atoms with Crippen molar-refractivity contribution in [1.29, 1.82) is 0 Å². The standard InChI is InChI=1S/C21H37N5S.HI/c1-3-22-21(23-10-7-19-8-11-24(4-2)12-9-19)26-15-13-25(14-16-26)18-20-6-5-17-27-20;/h5-6,17,19H,3-4,7-16,18H2,1-2H3,(H,22,23);1H. The average molecular weight is 520 g/mol. The van der Waals surface area contributed by atoms with Gasteiger partial charge in [0.2, 0.25) is 0 Å². The minimum atomic E-state index is 0. The third kappa shape index (κ3) is 7.46. The number of halogens is 1. The Morgan fingerprint density at radius 2 is 1.86 bits per heavy atom.